The molecule has 1 aliphatic heterocycles. The van der Waals surface area contributed by atoms with Gasteiger partial charge in [-0.1, -0.05) is 18.2 Å². The molecular formula is C20H26N2O3S. The van der Waals surface area contributed by atoms with Crippen LogP contribution in [-0.4, -0.2) is 37.0 Å². The minimum absolute atomic E-state index is 0.251. The zero-order valence-electron chi connectivity index (χ0n) is 15.0. The van der Waals surface area contributed by atoms with Crippen LogP contribution in [0.1, 0.15) is 25.0 Å². The fourth-order valence-corrected chi connectivity index (χ4v) is 5.04. The summed E-state index contributed by atoms with van der Waals surface area (Å²) in [7, 11) is -3.49. The Kier molecular flexibility index (Phi) is 5.16. The van der Waals surface area contributed by atoms with Gasteiger partial charge in [-0.3, -0.25) is 0 Å². The van der Waals surface area contributed by atoms with Gasteiger partial charge in [-0.05, 0) is 55.4 Å². The van der Waals surface area contributed by atoms with Crippen LogP contribution in [0, 0.1) is 11.8 Å². The van der Waals surface area contributed by atoms with Crippen LogP contribution in [-0.2, 0) is 27.8 Å². The van der Waals surface area contributed by atoms with Crippen molar-refractivity contribution in [2.24, 2.45) is 11.8 Å². The predicted octanol–water partition coefficient (Wildman–Crippen LogP) is 3.13. The first-order valence-electron chi connectivity index (χ1n) is 9.40. The molecule has 1 aromatic carbocycles. The number of benzene rings is 1. The van der Waals surface area contributed by atoms with Crippen molar-refractivity contribution in [1.82, 2.24) is 8.87 Å². The van der Waals surface area contributed by atoms with Crippen LogP contribution in [0.4, 0.5) is 0 Å². The molecule has 0 radical (unpaired) electrons. The Bertz CT molecular complexity index is 828. The molecule has 2 heterocycles. The Hall–Kier alpha value is -1.63. The molecule has 4 rings (SSSR count). The number of aromatic nitrogens is 1. The molecule has 6 heteroatoms. The molecule has 1 atom stereocenters. The lowest BCUT2D eigenvalue weighted by Crippen LogP contribution is -2.34. The maximum absolute atomic E-state index is 13.1. The highest BCUT2D eigenvalue weighted by Crippen LogP contribution is 2.29. The third-order valence-electron chi connectivity index (χ3n) is 5.28. The zero-order chi connectivity index (χ0) is 18.0. The highest BCUT2D eigenvalue weighted by Gasteiger charge is 2.31. The van der Waals surface area contributed by atoms with Crippen molar-refractivity contribution in [2.45, 2.75) is 37.2 Å². The minimum Gasteiger partial charge on any atom is -0.381 e. The van der Waals surface area contributed by atoms with E-state index in [0.717, 1.165) is 31.2 Å². The van der Waals surface area contributed by atoms with Gasteiger partial charge >= 0.3 is 0 Å². The Morgan fingerprint density at radius 3 is 2.58 bits per heavy atom. The summed E-state index contributed by atoms with van der Waals surface area (Å²) in [6.45, 7) is 3.36. The van der Waals surface area contributed by atoms with Crippen LogP contribution in [0.25, 0.3) is 0 Å². The van der Waals surface area contributed by atoms with Gasteiger partial charge in [-0.2, -0.15) is 4.31 Å². The number of sulfonamides is 1. The first kappa shape index (κ1) is 17.8. The van der Waals surface area contributed by atoms with E-state index in [-0.39, 0.29) is 5.92 Å². The molecule has 2 aromatic rings. The molecule has 0 N–H and O–H groups in total. The quantitative estimate of drug-likeness (QED) is 0.700. The number of fused-ring (bicyclic) bond motifs is 1. The number of hydrogen-bond donors (Lipinski definition) is 0. The number of rotatable bonds is 7. The summed E-state index contributed by atoms with van der Waals surface area (Å²) in [4.78, 5) is 0.365. The monoisotopic (exact) mass is 374 g/mol. The number of ether oxygens (including phenoxy) is 1. The van der Waals surface area contributed by atoms with Crippen molar-refractivity contribution in [3.8, 4) is 0 Å². The van der Waals surface area contributed by atoms with Crippen molar-refractivity contribution in [2.75, 3.05) is 19.8 Å². The Morgan fingerprint density at radius 1 is 1.00 bits per heavy atom. The van der Waals surface area contributed by atoms with E-state index in [9.17, 15) is 8.42 Å². The molecule has 2 aliphatic rings. The predicted molar refractivity (Wildman–Crippen MR) is 100 cm³/mol. The van der Waals surface area contributed by atoms with Crippen molar-refractivity contribution in [1.29, 1.82) is 0 Å². The fraction of sp³-hybridized carbons (Fsp3) is 0.500. The van der Waals surface area contributed by atoms with E-state index < -0.39 is 10.0 Å². The lowest BCUT2D eigenvalue weighted by Gasteiger charge is -2.23. The first-order valence-corrected chi connectivity index (χ1v) is 10.8. The van der Waals surface area contributed by atoms with Crippen LogP contribution >= 0.6 is 0 Å². The van der Waals surface area contributed by atoms with E-state index in [1.54, 1.807) is 28.6 Å². The Labute approximate surface area is 155 Å². The van der Waals surface area contributed by atoms with Gasteiger partial charge in [0.15, 0.2) is 0 Å². The van der Waals surface area contributed by atoms with Gasteiger partial charge in [0.25, 0.3) is 0 Å². The molecule has 0 spiro atoms. The molecule has 140 valence electrons. The summed E-state index contributed by atoms with van der Waals surface area (Å²) in [5.41, 5.74) is 1.05. The van der Waals surface area contributed by atoms with Gasteiger partial charge in [0, 0.05) is 38.2 Å². The van der Waals surface area contributed by atoms with Gasteiger partial charge in [-0.25, -0.2) is 8.42 Å². The average Bonchev–Trinajstić information content (AvgIpc) is 3.41. The van der Waals surface area contributed by atoms with Gasteiger partial charge in [0.2, 0.25) is 10.0 Å². The second kappa shape index (κ2) is 7.55. The van der Waals surface area contributed by atoms with Crippen LogP contribution in [0.15, 0.2) is 53.6 Å². The molecule has 0 amide bonds. The molecule has 1 unspecified atom stereocenters. The molecule has 1 saturated carbocycles. The van der Waals surface area contributed by atoms with Crippen molar-refractivity contribution in [3.05, 3.63) is 54.4 Å². The van der Waals surface area contributed by atoms with E-state index >= 15 is 0 Å². The molecule has 26 heavy (non-hydrogen) atoms. The van der Waals surface area contributed by atoms with Crippen LogP contribution in [0.2, 0.25) is 0 Å². The molecule has 1 aliphatic carbocycles. The van der Waals surface area contributed by atoms with Gasteiger partial charge in [0.05, 0.1) is 11.4 Å². The molecule has 1 fully saturated rings. The van der Waals surface area contributed by atoms with Crippen molar-refractivity contribution >= 4 is 10.0 Å². The van der Waals surface area contributed by atoms with E-state index in [1.165, 1.54) is 12.8 Å². The summed E-state index contributed by atoms with van der Waals surface area (Å²) in [6.07, 6.45) is 5.51. The Balaban J connectivity index is 1.50. The summed E-state index contributed by atoms with van der Waals surface area (Å²) in [6, 6.07) is 12.7. The van der Waals surface area contributed by atoms with Gasteiger partial charge in [-0.15, -0.1) is 0 Å². The van der Waals surface area contributed by atoms with Gasteiger partial charge < -0.3 is 9.30 Å². The van der Waals surface area contributed by atoms with Crippen molar-refractivity contribution in [3.63, 3.8) is 0 Å². The SMILES string of the molecule is O=S(=O)(c1ccccc1)N1Cc2cccn2CC(CCOCC2CC2)C1. The molecule has 1 aromatic heterocycles. The normalized spacial score (nSPS) is 21.3. The average molecular weight is 375 g/mol. The summed E-state index contributed by atoms with van der Waals surface area (Å²) in [5, 5.41) is 0. The lowest BCUT2D eigenvalue weighted by atomic mass is 10.1. The molecule has 0 bridgehead atoms. The van der Waals surface area contributed by atoms with Crippen molar-refractivity contribution < 1.29 is 13.2 Å². The van der Waals surface area contributed by atoms with Crippen LogP contribution in [0.5, 0.6) is 0 Å². The summed E-state index contributed by atoms with van der Waals surface area (Å²) < 4.78 is 35.9. The van der Waals surface area contributed by atoms with E-state index in [0.29, 0.717) is 24.6 Å². The highest BCUT2D eigenvalue weighted by molar-refractivity contribution is 7.89. The smallest absolute Gasteiger partial charge is 0.243 e. The lowest BCUT2D eigenvalue weighted by molar-refractivity contribution is 0.106. The van der Waals surface area contributed by atoms with E-state index in [2.05, 4.69) is 4.57 Å². The van der Waals surface area contributed by atoms with E-state index in [1.807, 2.05) is 24.4 Å². The standard InChI is InChI=1S/C20H26N2O3S/c23-26(24,20-6-2-1-3-7-20)22-14-18(10-12-25-16-17-8-9-17)13-21-11-4-5-19(21)15-22/h1-7,11,17-18H,8-10,12-16H2. The zero-order valence-corrected chi connectivity index (χ0v) is 15.8. The number of hydrogen-bond acceptors (Lipinski definition) is 3. The maximum atomic E-state index is 13.1. The third-order valence-corrected chi connectivity index (χ3v) is 7.11. The van der Waals surface area contributed by atoms with Gasteiger partial charge in [0.1, 0.15) is 0 Å². The molecular weight excluding hydrogens is 348 g/mol. The third kappa shape index (κ3) is 4.03. The largest absolute Gasteiger partial charge is 0.381 e. The topological polar surface area (TPSA) is 51.5 Å². The second-order valence-electron chi connectivity index (χ2n) is 7.44. The molecule has 5 nitrogen and oxygen atoms in total. The Morgan fingerprint density at radius 2 is 1.81 bits per heavy atom. The minimum atomic E-state index is -3.49. The first-order chi connectivity index (χ1) is 12.6. The summed E-state index contributed by atoms with van der Waals surface area (Å²) >= 11 is 0. The maximum Gasteiger partial charge on any atom is 0.243 e. The highest BCUT2D eigenvalue weighted by atomic mass is 32.2. The van der Waals surface area contributed by atoms with Crippen LogP contribution in [0.3, 0.4) is 0 Å². The summed E-state index contributed by atoms with van der Waals surface area (Å²) in [5.74, 6) is 1.01. The molecule has 0 saturated heterocycles. The van der Waals surface area contributed by atoms with E-state index in [4.69, 9.17) is 4.74 Å². The number of nitrogens with zero attached hydrogens (tertiary/aromatic N) is 2. The van der Waals surface area contributed by atoms with Crippen LogP contribution < -0.4 is 0 Å². The second-order valence-corrected chi connectivity index (χ2v) is 9.37. The fourth-order valence-electron chi connectivity index (χ4n) is 3.53.